The Balaban J connectivity index is 3.06. The van der Waals surface area contributed by atoms with E-state index in [0.717, 1.165) is 5.56 Å². The number of hydrogen-bond acceptors (Lipinski definition) is 3. The SMILES string of the molecule is CCOC(=O)c1ccc(C)c(N=C(N)CCl)c1. The molecule has 0 spiro atoms. The van der Waals surface area contributed by atoms with Crippen molar-refractivity contribution in [1.82, 2.24) is 0 Å². The molecule has 0 saturated carbocycles. The summed E-state index contributed by atoms with van der Waals surface area (Å²) in [5, 5.41) is 0. The molecule has 17 heavy (non-hydrogen) atoms. The maximum atomic E-state index is 11.5. The number of hydrogen-bond donors (Lipinski definition) is 1. The van der Waals surface area contributed by atoms with Gasteiger partial charge in [0, 0.05) is 0 Å². The first-order chi connectivity index (χ1) is 8.08. The van der Waals surface area contributed by atoms with Gasteiger partial charge in [0.25, 0.3) is 0 Å². The second kappa shape index (κ2) is 6.25. The van der Waals surface area contributed by atoms with Crippen LogP contribution in [0, 0.1) is 6.92 Å². The molecule has 1 aromatic rings. The van der Waals surface area contributed by atoms with Gasteiger partial charge in [0.1, 0.15) is 5.84 Å². The Bertz CT molecular complexity index is 444. The third kappa shape index (κ3) is 3.75. The molecule has 0 saturated heterocycles. The van der Waals surface area contributed by atoms with Crippen LogP contribution >= 0.6 is 11.6 Å². The first-order valence-electron chi connectivity index (χ1n) is 5.25. The van der Waals surface area contributed by atoms with Gasteiger partial charge in [0.05, 0.1) is 23.7 Å². The van der Waals surface area contributed by atoms with E-state index in [0.29, 0.717) is 23.7 Å². The van der Waals surface area contributed by atoms with Gasteiger partial charge in [0.2, 0.25) is 0 Å². The molecule has 0 unspecified atom stereocenters. The predicted octanol–water partition coefficient (Wildman–Crippen LogP) is 2.40. The molecule has 92 valence electrons. The van der Waals surface area contributed by atoms with Gasteiger partial charge in [0.15, 0.2) is 0 Å². The minimum atomic E-state index is -0.367. The number of carbonyl (C=O) groups excluding carboxylic acids is 1. The molecule has 4 nitrogen and oxygen atoms in total. The molecular weight excluding hydrogens is 240 g/mol. The fraction of sp³-hybridized carbons (Fsp3) is 0.333. The highest BCUT2D eigenvalue weighted by Crippen LogP contribution is 2.20. The molecule has 0 aliphatic heterocycles. The van der Waals surface area contributed by atoms with Crippen molar-refractivity contribution < 1.29 is 9.53 Å². The Morgan fingerprint density at radius 1 is 1.53 bits per heavy atom. The van der Waals surface area contributed by atoms with Crippen LogP contribution in [0.5, 0.6) is 0 Å². The van der Waals surface area contributed by atoms with Crippen molar-refractivity contribution in [3.05, 3.63) is 29.3 Å². The normalized spacial score (nSPS) is 11.4. The van der Waals surface area contributed by atoms with E-state index in [9.17, 15) is 4.79 Å². The Morgan fingerprint density at radius 3 is 2.82 bits per heavy atom. The highest BCUT2D eigenvalue weighted by Gasteiger charge is 2.08. The van der Waals surface area contributed by atoms with E-state index in [4.69, 9.17) is 22.1 Å². The zero-order valence-corrected chi connectivity index (χ0v) is 10.6. The Hall–Kier alpha value is -1.55. The standard InChI is InChI=1S/C12H15ClN2O2/c1-3-17-12(16)9-5-4-8(2)10(6-9)15-11(14)7-13/h4-6H,3,7H2,1-2H3,(H2,14,15). The largest absolute Gasteiger partial charge is 0.462 e. The Kier molecular flexibility index (Phi) is 4.97. The summed E-state index contributed by atoms with van der Waals surface area (Å²) in [4.78, 5) is 15.7. The first-order valence-corrected chi connectivity index (χ1v) is 5.78. The highest BCUT2D eigenvalue weighted by molar-refractivity contribution is 6.28. The van der Waals surface area contributed by atoms with Gasteiger partial charge in [-0.1, -0.05) is 6.07 Å². The molecule has 0 aliphatic rings. The van der Waals surface area contributed by atoms with Crippen molar-refractivity contribution in [3.63, 3.8) is 0 Å². The average Bonchev–Trinajstić information content (AvgIpc) is 2.32. The molecule has 0 bridgehead atoms. The number of alkyl halides is 1. The lowest BCUT2D eigenvalue weighted by Crippen LogP contribution is -2.12. The molecule has 0 fully saturated rings. The molecule has 1 aromatic carbocycles. The van der Waals surface area contributed by atoms with Crippen LogP contribution in [0.15, 0.2) is 23.2 Å². The zero-order valence-electron chi connectivity index (χ0n) is 9.87. The highest BCUT2D eigenvalue weighted by atomic mass is 35.5. The van der Waals surface area contributed by atoms with Crippen LogP contribution in [0.4, 0.5) is 5.69 Å². The van der Waals surface area contributed by atoms with Crippen LogP contribution in [-0.2, 0) is 4.74 Å². The molecule has 0 aliphatic carbocycles. The van der Waals surface area contributed by atoms with Crippen LogP contribution in [0.25, 0.3) is 0 Å². The summed E-state index contributed by atoms with van der Waals surface area (Å²) in [5.74, 6) is 0.104. The number of halogens is 1. The van der Waals surface area contributed by atoms with E-state index in [2.05, 4.69) is 4.99 Å². The molecule has 5 heteroatoms. The summed E-state index contributed by atoms with van der Waals surface area (Å²) >= 11 is 5.56. The van der Waals surface area contributed by atoms with Crippen LogP contribution in [-0.4, -0.2) is 24.3 Å². The van der Waals surface area contributed by atoms with Gasteiger partial charge in [-0.3, -0.25) is 0 Å². The topological polar surface area (TPSA) is 64.7 Å². The number of aryl methyl sites for hydroxylation is 1. The first kappa shape index (κ1) is 13.5. The molecule has 0 amide bonds. The van der Waals surface area contributed by atoms with Gasteiger partial charge in [-0.15, -0.1) is 11.6 Å². The minimum Gasteiger partial charge on any atom is -0.462 e. The van der Waals surface area contributed by atoms with E-state index < -0.39 is 0 Å². The van der Waals surface area contributed by atoms with Crippen molar-refractivity contribution in [1.29, 1.82) is 0 Å². The second-order valence-electron chi connectivity index (χ2n) is 3.46. The lowest BCUT2D eigenvalue weighted by atomic mass is 10.1. The van der Waals surface area contributed by atoms with Crippen molar-refractivity contribution in [3.8, 4) is 0 Å². The summed E-state index contributed by atoms with van der Waals surface area (Å²) in [7, 11) is 0. The van der Waals surface area contributed by atoms with E-state index >= 15 is 0 Å². The molecule has 0 atom stereocenters. The van der Waals surface area contributed by atoms with E-state index in [1.54, 1.807) is 25.1 Å². The molecule has 1 rings (SSSR count). The number of aliphatic imine (C=N–C) groups is 1. The van der Waals surface area contributed by atoms with Crippen molar-refractivity contribution in [2.24, 2.45) is 10.7 Å². The molecular formula is C12H15ClN2O2. The lowest BCUT2D eigenvalue weighted by Gasteiger charge is -2.05. The lowest BCUT2D eigenvalue weighted by molar-refractivity contribution is 0.0526. The van der Waals surface area contributed by atoms with Gasteiger partial charge >= 0.3 is 5.97 Å². The van der Waals surface area contributed by atoms with E-state index in [-0.39, 0.29) is 11.8 Å². The van der Waals surface area contributed by atoms with E-state index in [1.807, 2.05) is 6.92 Å². The van der Waals surface area contributed by atoms with E-state index in [1.165, 1.54) is 0 Å². The minimum absolute atomic E-state index is 0.156. The van der Waals surface area contributed by atoms with Crippen LogP contribution in [0.3, 0.4) is 0 Å². The smallest absolute Gasteiger partial charge is 0.338 e. The monoisotopic (exact) mass is 254 g/mol. The molecule has 0 aromatic heterocycles. The Morgan fingerprint density at radius 2 is 2.24 bits per heavy atom. The van der Waals surface area contributed by atoms with Crippen LogP contribution < -0.4 is 5.73 Å². The van der Waals surface area contributed by atoms with Crippen molar-refractivity contribution >= 4 is 29.1 Å². The summed E-state index contributed by atoms with van der Waals surface area (Å²) in [6, 6.07) is 5.14. The van der Waals surface area contributed by atoms with Crippen molar-refractivity contribution in [2.45, 2.75) is 13.8 Å². The number of ether oxygens (including phenoxy) is 1. The van der Waals surface area contributed by atoms with Gasteiger partial charge < -0.3 is 10.5 Å². The predicted molar refractivity (Wildman–Crippen MR) is 69.1 cm³/mol. The third-order valence-electron chi connectivity index (χ3n) is 2.12. The maximum Gasteiger partial charge on any atom is 0.338 e. The number of nitrogens with two attached hydrogens (primary N) is 1. The Labute approximate surface area is 105 Å². The zero-order chi connectivity index (χ0) is 12.8. The summed E-state index contributed by atoms with van der Waals surface area (Å²) < 4.78 is 4.91. The third-order valence-corrected chi connectivity index (χ3v) is 2.40. The fourth-order valence-corrected chi connectivity index (χ4v) is 1.32. The average molecular weight is 255 g/mol. The summed E-state index contributed by atoms with van der Waals surface area (Å²) in [6.45, 7) is 3.99. The maximum absolute atomic E-state index is 11.5. The van der Waals surface area contributed by atoms with Gasteiger partial charge in [-0.05, 0) is 31.5 Å². The molecule has 0 heterocycles. The number of rotatable bonds is 4. The summed E-state index contributed by atoms with van der Waals surface area (Å²) in [6.07, 6.45) is 0. The van der Waals surface area contributed by atoms with Crippen molar-refractivity contribution in [2.75, 3.05) is 12.5 Å². The number of benzene rings is 1. The summed E-state index contributed by atoms with van der Waals surface area (Å²) in [5.41, 5.74) is 7.57. The molecule has 2 N–H and O–H groups in total. The van der Waals surface area contributed by atoms with Crippen LogP contribution in [0.1, 0.15) is 22.8 Å². The van der Waals surface area contributed by atoms with Gasteiger partial charge in [-0.25, -0.2) is 9.79 Å². The number of amidine groups is 1. The number of nitrogens with zero attached hydrogens (tertiary/aromatic N) is 1. The number of esters is 1. The number of carbonyl (C=O) groups is 1. The molecule has 0 radical (unpaired) electrons. The second-order valence-corrected chi connectivity index (χ2v) is 3.73. The van der Waals surface area contributed by atoms with Gasteiger partial charge in [-0.2, -0.15) is 0 Å². The van der Waals surface area contributed by atoms with Crippen LogP contribution in [0.2, 0.25) is 0 Å². The fourth-order valence-electron chi connectivity index (χ4n) is 1.26. The quantitative estimate of drug-likeness (QED) is 0.388.